The topological polar surface area (TPSA) is 38.5 Å². The van der Waals surface area contributed by atoms with Gasteiger partial charge in [0, 0.05) is 31.3 Å². The Kier molecular flexibility index (Phi) is 4.69. The Balaban J connectivity index is 1.80. The van der Waals surface area contributed by atoms with Crippen LogP contribution < -0.4 is 5.73 Å². The maximum Gasteiger partial charge on any atom is 0.0616 e. The molecule has 1 aliphatic carbocycles. The molecule has 0 spiro atoms. The number of rotatable bonds is 6. The monoisotopic (exact) mass is 308 g/mol. The van der Waals surface area contributed by atoms with Crippen LogP contribution in [0.2, 0.25) is 0 Å². The molecule has 3 nitrogen and oxygen atoms in total. The summed E-state index contributed by atoms with van der Waals surface area (Å²) in [5.41, 5.74) is 7.87. The van der Waals surface area contributed by atoms with E-state index < -0.39 is 0 Å². The summed E-state index contributed by atoms with van der Waals surface area (Å²) in [6.45, 7) is 7.18. The van der Waals surface area contributed by atoms with E-state index in [4.69, 9.17) is 10.5 Å². The van der Waals surface area contributed by atoms with E-state index in [1.54, 1.807) is 11.3 Å². The van der Waals surface area contributed by atoms with Gasteiger partial charge in [-0.15, -0.1) is 0 Å². The third kappa shape index (κ3) is 3.34. The minimum atomic E-state index is 0.135. The summed E-state index contributed by atoms with van der Waals surface area (Å²) in [5.74, 6) is 0.568. The van der Waals surface area contributed by atoms with Gasteiger partial charge < -0.3 is 10.5 Å². The molecule has 1 saturated heterocycles. The first kappa shape index (κ1) is 15.5. The van der Waals surface area contributed by atoms with Crippen molar-refractivity contribution < 1.29 is 4.74 Å². The van der Waals surface area contributed by atoms with Crippen LogP contribution in [-0.4, -0.2) is 35.7 Å². The zero-order valence-corrected chi connectivity index (χ0v) is 14.1. The molecule has 2 unspecified atom stereocenters. The summed E-state index contributed by atoms with van der Waals surface area (Å²) in [5, 5.41) is 4.45. The second kappa shape index (κ2) is 6.37. The second-order valence-electron chi connectivity index (χ2n) is 7.03. The molecule has 0 amide bonds. The van der Waals surface area contributed by atoms with Crippen molar-refractivity contribution in [1.29, 1.82) is 0 Å². The quantitative estimate of drug-likeness (QED) is 0.877. The molecule has 1 aliphatic heterocycles. The van der Waals surface area contributed by atoms with Crippen LogP contribution in [0, 0.1) is 5.92 Å². The Hall–Kier alpha value is -0.420. The maximum atomic E-state index is 6.30. The molecular formula is C17H28N2OS. The Morgan fingerprint density at radius 1 is 1.48 bits per heavy atom. The molecular weight excluding hydrogens is 280 g/mol. The molecule has 2 N–H and O–H groups in total. The molecule has 0 aromatic carbocycles. The predicted molar refractivity (Wildman–Crippen MR) is 88.5 cm³/mol. The molecule has 2 aliphatic rings. The Morgan fingerprint density at radius 2 is 2.29 bits per heavy atom. The number of hydrogen-bond donors (Lipinski definition) is 1. The van der Waals surface area contributed by atoms with Crippen LogP contribution in [0.3, 0.4) is 0 Å². The first-order valence-electron chi connectivity index (χ1n) is 8.24. The number of nitrogens with zero attached hydrogens (tertiary/aromatic N) is 1. The molecule has 2 atom stereocenters. The van der Waals surface area contributed by atoms with Gasteiger partial charge in [-0.05, 0) is 54.0 Å². The van der Waals surface area contributed by atoms with Gasteiger partial charge in [0.1, 0.15) is 0 Å². The van der Waals surface area contributed by atoms with Crippen molar-refractivity contribution in [2.75, 3.05) is 13.2 Å². The lowest BCUT2D eigenvalue weighted by Crippen LogP contribution is -2.59. The van der Waals surface area contributed by atoms with Crippen LogP contribution in [-0.2, 0) is 11.3 Å². The van der Waals surface area contributed by atoms with Crippen LogP contribution >= 0.6 is 11.3 Å². The first-order chi connectivity index (χ1) is 10.1. The molecule has 3 rings (SSSR count). The van der Waals surface area contributed by atoms with Gasteiger partial charge in [0.25, 0.3) is 0 Å². The van der Waals surface area contributed by atoms with Gasteiger partial charge in [0.15, 0.2) is 0 Å². The molecule has 1 aromatic rings. The van der Waals surface area contributed by atoms with Gasteiger partial charge in [0.2, 0.25) is 0 Å². The third-order valence-corrected chi connectivity index (χ3v) is 5.87. The lowest BCUT2D eigenvalue weighted by Gasteiger charge is -2.49. The van der Waals surface area contributed by atoms with E-state index >= 15 is 0 Å². The number of ether oxygens (including phenoxy) is 1. The van der Waals surface area contributed by atoms with Gasteiger partial charge in [0.05, 0.1) is 6.10 Å². The summed E-state index contributed by atoms with van der Waals surface area (Å²) in [6, 6.07) is 2.99. The lowest BCUT2D eigenvalue weighted by molar-refractivity contribution is -0.0926. The number of thiophene rings is 1. The third-order valence-electron chi connectivity index (χ3n) is 5.13. The van der Waals surface area contributed by atoms with E-state index in [0.717, 1.165) is 38.6 Å². The Labute approximate surface area is 132 Å². The van der Waals surface area contributed by atoms with Crippen LogP contribution in [0.5, 0.6) is 0 Å². The second-order valence-corrected chi connectivity index (χ2v) is 7.81. The molecule has 2 fully saturated rings. The molecule has 0 bridgehead atoms. The summed E-state index contributed by atoms with van der Waals surface area (Å²) in [7, 11) is 0. The van der Waals surface area contributed by atoms with E-state index in [2.05, 4.69) is 35.6 Å². The fraction of sp³-hybridized carbons (Fsp3) is 0.765. The highest BCUT2D eigenvalue weighted by Gasteiger charge is 2.46. The normalized spacial score (nSPS) is 30.2. The largest absolute Gasteiger partial charge is 0.378 e. The van der Waals surface area contributed by atoms with E-state index in [1.807, 2.05) is 0 Å². The molecule has 118 valence electrons. The zero-order chi connectivity index (χ0) is 14.9. The Bertz CT molecular complexity index is 444. The van der Waals surface area contributed by atoms with E-state index in [0.29, 0.717) is 12.0 Å². The highest BCUT2D eigenvalue weighted by molar-refractivity contribution is 7.07. The van der Waals surface area contributed by atoms with E-state index in [1.165, 1.54) is 18.4 Å². The predicted octanol–water partition coefficient (Wildman–Crippen LogP) is 3.25. The van der Waals surface area contributed by atoms with E-state index in [9.17, 15) is 0 Å². The van der Waals surface area contributed by atoms with E-state index in [-0.39, 0.29) is 5.54 Å². The maximum absolute atomic E-state index is 6.30. The van der Waals surface area contributed by atoms with Crippen LogP contribution in [0.25, 0.3) is 0 Å². The summed E-state index contributed by atoms with van der Waals surface area (Å²) >= 11 is 1.79. The average Bonchev–Trinajstić information content (AvgIpc) is 3.21. The van der Waals surface area contributed by atoms with Crippen LogP contribution in [0.15, 0.2) is 16.8 Å². The Morgan fingerprint density at radius 3 is 2.86 bits per heavy atom. The highest BCUT2D eigenvalue weighted by Crippen LogP contribution is 2.41. The smallest absolute Gasteiger partial charge is 0.0616 e. The molecule has 21 heavy (non-hydrogen) atoms. The minimum absolute atomic E-state index is 0.135. The first-order valence-corrected chi connectivity index (χ1v) is 9.18. The van der Waals surface area contributed by atoms with Gasteiger partial charge in [-0.3, -0.25) is 4.90 Å². The molecule has 2 heterocycles. The van der Waals surface area contributed by atoms with Crippen molar-refractivity contribution in [3.05, 3.63) is 22.4 Å². The standard InChI is InChI=1S/C17H28N2OS/c1-13(2)16-9-17(12-18,6-7-20-16)19(15-3-4-15)10-14-5-8-21-11-14/h5,8,11,13,15-16H,3-4,6-7,9-10,12,18H2,1-2H3. The van der Waals surface area contributed by atoms with Crippen molar-refractivity contribution in [1.82, 2.24) is 4.90 Å². The molecule has 0 radical (unpaired) electrons. The summed E-state index contributed by atoms with van der Waals surface area (Å²) in [4.78, 5) is 2.72. The van der Waals surface area contributed by atoms with Gasteiger partial charge in [-0.25, -0.2) is 0 Å². The average molecular weight is 308 g/mol. The lowest BCUT2D eigenvalue weighted by atomic mass is 9.81. The number of nitrogens with two attached hydrogens (primary N) is 1. The van der Waals surface area contributed by atoms with Crippen molar-refractivity contribution in [3.8, 4) is 0 Å². The number of hydrogen-bond acceptors (Lipinski definition) is 4. The highest BCUT2D eigenvalue weighted by atomic mass is 32.1. The van der Waals surface area contributed by atoms with Crippen molar-refractivity contribution >= 4 is 11.3 Å². The van der Waals surface area contributed by atoms with Crippen molar-refractivity contribution in [2.24, 2.45) is 11.7 Å². The SMILES string of the molecule is CC(C)C1CC(CN)(N(Cc2ccsc2)C2CC2)CCO1. The summed E-state index contributed by atoms with van der Waals surface area (Å²) in [6.07, 6.45) is 5.18. The van der Waals surface area contributed by atoms with Gasteiger partial charge in [-0.2, -0.15) is 11.3 Å². The molecule has 4 heteroatoms. The minimum Gasteiger partial charge on any atom is -0.378 e. The van der Waals surface area contributed by atoms with Gasteiger partial charge in [-0.1, -0.05) is 13.8 Å². The zero-order valence-electron chi connectivity index (χ0n) is 13.3. The summed E-state index contributed by atoms with van der Waals surface area (Å²) < 4.78 is 6.00. The molecule has 1 saturated carbocycles. The van der Waals surface area contributed by atoms with Crippen LogP contribution in [0.1, 0.15) is 45.1 Å². The van der Waals surface area contributed by atoms with Gasteiger partial charge >= 0.3 is 0 Å². The van der Waals surface area contributed by atoms with Crippen molar-refractivity contribution in [2.45, 2.75) is 63.8 Å². The van der Waals surface area contributed by atoms with Crippen LogP contribution in [0.4, 0.5) is 0 Å². The van der Waals surface area contributed by atoms with Crippen molar-refractivity contribution in [3.63, 3.8) is 0 Å². The fourth-order valence-corrected chi connectivity index (χ4v) is 4.24. The molecule has 1 aromatic heterocycles. The fourth-order valence-electron chi connectivity index (χ4n) is 3.58.